The van der Waals surface area contributed by atoms with Crippen LogP contribution in [0.3, 0.4) is 0 Å². The van der Waals surface area contributed by atoms with Gasteiger partial charge in [-0.05, 0) is 24.7 Å². The van der Waals surface area contributed by atoms with E-state index in [0.29, 0.717) is 12.8 Å². The molecule has 0 aliphatic carbocycles. The van der Waals surface area contributed by atoms with Gasteiger partial charge in [0.1, 0.15) is 0 Å². The fraction of sp³-hybridized carbons (Fsp3) is 0.917. The van der Waals surface area contributed by atoms with E-state index < -0.39 is 22.4 Å². The van der Waals surface area contributed by atoms with E-state index in [-0.39, 0.29) is 55.8 Å². The number of unbranched alkanes of at least 4 members (excludes halogenated alkanes) is 4. The van der Waals surface area contributed by atoms with Crippen LogP contribution < -0.4 is 10.2 Å². The third-order valence-corrected chi connectivity index (χ3v) is 5.00. The maximum absolute atomic E-state index is 10.3. The number of thiol groups is 2. The van der Waals surface area contributed by atoms with E-state index in [4.69, 9.17) is 0 Å². The minimum absolute atomic E-state index is 0. The summed E-state index contributed by atoms with van der Waals surface area (Å²) in [5.41, 5.74) is 0. The van der Waals surface area contributed by atoms with Gasteiger partial charge in [0.05, 0.1) is 11.9 Å². The smallest absolute Gasteiger partial charge is 2.00 e. The number of aliphatic carboxylic acids is 2. The summed E-state index contributed by atoms with van der Waals surface area (Å²) >= 11 is 8.27. The van der Waals surface area contributed by atoms with Crippen LogP contribution >= 0.6 is 25.3 Å². The van der Waals surface area contributed by atoms with Crippen molar-refractivity contribution in [3.05, 3.63) is 0 Å². The molecule has 2 unspecified atom stereocenters. The van der Waals surface area contributed by atoms with Crippen molar-refractivity contribution in [3.63, 3.8) is 0 Å². The summed E-state index contributed by atoms with van der Waals surface area (Å²) in [6, 6.07) is 0. The molecule has 0 rings (SSSR count). The van der Waals surface area contributed by atoms with Gasteiger partial charge in [0.15, 0.2) is 0 Å². The molecular formula is C24H50O4S3Sn2. The zero-order valence-electron chi connectivity index (χ0n) is 22.3. The molecule has 0 heterocycles. The van der Waals surface area contributed by atoms with Gasteiger partial charge in [-0.3, -0.25) is 0 Å². The van der Waals surface area contributed by atoms with Crippen molar-refractivity contribution in [2.75, 3.05) is 0 Å². The van der Waals surface area contributed by atoms with Crippen LogP contribution in [0.4, 0.5) is 0 Å². The molecule has 196 valence electrons. The second-order valence-electron chi connectivity index (χ2n) is 8.73. The molecule has 9 heteroatoms. The summed E-state index contributed by atoms with van der Waals surface area (Å²) in [6.45, 7) is 8.79. The van der Waals surface area contributed by atoms with E-state index in [2.05, 4.69) is 72.7 Å². The van der Waals surface area contributed by atoms with E-state index >= 15 is 0 Å². The molecule has 0 saturated heterocycles. The molecule has 0 aromatic heterocycles. The van der Waals surface area contributed by atoms with Gasteiger partial charge in [-0.1, -0.05) is 79.1 Å². The van der Waals surface area contributed by atoms with Crippen molar-refractivity contribution in [3.8, 4) is 0 Å². The summed E-state index contributed by atoms with van der Waals surface area (Å²) in [6.07, 6.45) is 10.2. The molecule has 0 bridgehead atoms. The number of hydrogen-bond donors (Lipinski definition) is 2. The number of carbonyl (C=O) groups is 2. The average Bonchev–Trinajstić information content (AvgIpc) is 2.68. The second-order valence-corrected chi connectivity index (χ2v) is 15.7. The summed E-state index contributed by atoms with van der Waals surface area (Å²) in [7, 11) is 0. The van der Waals surface area contributed by atoms with Crippen LogP contribution in [-0.2, 0) is 23.1 Å². The molecule has 0 fully saturated rings. The molecule has 0 aliphatic heterocycles. The van der Waals surface area contributed by atoms with Crippen molar-refractivity contribution in [1.82, 2.24) is 0 Å². The van der Waals surface area contributed by atoms with Crippen LogP contribution in [0.1, 0.15) is 91.9 Å². The van der Waals surface area contributed by atoms with E-state index in [1.165, 1.54) is 25.7 Å². The Morgan fingerprint density at radius 1 is 0.606 bits per heavy atom. The third-order valence-electron chi connectivity index (χ3n) is 4.06. The number of carboxylic acid groups (broad SMARTS) is 2. The predicted octanol–water partition coefficient (Wildman–Crippen LogP) is 4.85. The first-order valence-corrected chi connectivity index (χ1v) is 24.3. The fourth-order valence-electron chi connectivity index (χ4n) is 2.37. The molecule has 0 amide bonds. The second kappa shape index (κ2) is 35.7. The van der Waals surface area contributed by atoms with E-state index in [9.17, 15) is 19.8 Å². The number of carboxylic acids is 2. The Kier molecular flexibility index (Phi) is 48.3. The van der Waals surface area contributed by atoms with E-state index in [0.717, 1.165) is 37.5 Å². The molecule has 4 nitrogen and oxygen atoms in total. The Morgan fingerprint density at radius 3 is 1.00 bits per heavy atom. The van der Waals surface area contributed by atoms with Crippen LogP contribution in [0.5, 0.6) is 0 Å². The Hall–Kier alpha value is 1.59. The largest absolute Gasteiger partial charge is 2.00 e. The molecule has 0 N–H and O–H groups in total. The zero-order valence-corrected chi connectivity index (χ0v) is 30.6. The first-order valence-electron chi connectivity index (χ1n) is 11.9. The van der Waals surface area contributed by atoms with Crippen LogP contribution in [0, 0.1) is 11.8 Å². The average molecular weight is 736 g/mol. The van der Waals surface area contributed by atoms with Crippen molar-refractivity contribution < 1.29 is 19.8 Å². The standard InChI is InChI=1S/2C10H20O2S.4CH3.S.2Sn/c2*1-8(2)6-4-3-5-7-9(13)10(11)12;;;;;;;/h2*8-9,13H,3-7H2,1-2H3,(H,11,12);4*1H3;;;/q;;;;;;-2;2*+2/p-2. The predicted molar refractivity (Wildman–Crippen MR) is 154 cm³/mol. The van der Waals surface area contributed by atoms with Gasteiger partial charge in [-0.2, -0.15) is 25.3 Å². The SMILES string of the molecule is CC(C)CCCCCC(S)C(=O)[O-].CC(C)CCCCCC(S)C(=O)[O-].[CH3][Sn+2][CH3].[CH3][Sn+2][CH3].[S-2]. The maximum atomic E-state index is 10.3. The zero-order chi connectivity index (χ0) is 25.9. The molecule has 0 aromatic rings. The summed E-state index contributed by atoms with van der Waals surface area (Å²) in [4.78, 5) is 29.7. The molecule has 33 heavy (non-hydrogen) atoms. The Morgan fingerprint density at radius 2 is 0.818 bits per heavy atom. The Labute approximate surface area is 244 Å². The quantitative estimate of drug-likeness (QED) is 0.152. The van der Waals surface area contributed by atoms with E-state index in [1.54, 1.807) is 0 Å². The number of rotatable bonds is 14. The number of hydrogen-bond acceptors (Lipinski definition) is 6. The van der Waals surface area contributed by atoms with Gasteiger partial charge in [-0.25, -0.2) is 0 Å². The van der Waals surface area contributed by atoms with Crippen LogP contribution in [0.2, 0.25) is 19.8 Å². The van der Waals surface area contributed by atoms with Crippen molar-refractivity contribution in [2.24, 2.45) is 11.8 Å². The minimum atomic E-state index is -1.05. The first kappa shape index (κ1) is 44.6. The molecule has 0 spiro atoms. The summed E-state index contributed by atoms with van der Waals surface area (Å²) in [5.74, 6) is -0.611. The van der Waals surface area contributed by atoms with E-state index in [1.807, 2.05) is 0 Å². The normalized spacial score (nSPS) is 11.0. The maximum Gasteiger partial charge on any atom is -2.00 e. The van der Waals surface area contributed by atoms with Gasteiger partial charge in [-0.15, -0.1) is 0 Å². The summed E-state index contributed by atoms with van der Waals surface area (Å²) in [5, 5.41) is 19.4. The third kappa shape index (κ3) is 51.2. The van der Waals surface area contributed by atoms with Crippen LogP contribution in [0.15, 0.2) is 0 Å². The summed E-state index contributed by atoms with van der Waals surface area (Å²) < 4.78 is 0. The van der Waals surface area contributed by atoms with Crippen molar-refractivity contribution in [1.29, 1.82) is 0 Å². The number of carbonyl (C=O) groups excluding carboxylic acids is 2. The molecule has 0 aliphatic rings. The monoisotopic (exact) mass is 738 g/mol. The topological polar surface area (TPSA) is 80.3 Å². The van der Waals surface area contributed by atoms with Gasteiger partial charge in [0, 0.05) is 10.5 Å². The van der Waals surface area contributed by atoms with Gasteiger partial charge in [0.2, 0.25) is 0 Å². The first-order chi connectivity index (χ1) is 14.9. The van der Waals surface area contributed by atoms with Crippen molar-refractivity contribution >= 4 is 93.0 Å². The Bertz CT molecular complexity index is 366. The molecule has 0 saturated carbocycles. The molecule has 2 atom stereocenters. The molecular weight excluding hydrogens is 686 g/mol. The van der Waals surface area contributed by atoms with Gasteiger partial charge < -0.3 is 33.3 Å². The Balaban J connectivity index is -0.000000124. The van der Waals surface area contributed by atoms with Gasteiger partial charge >= 0.3 is 62.0 Å². The minimum Gasteiger partial charge on any atom is -2.00 e. The van der Waals surface area contributed by atoms with Crippen molar-refractivity contribution in [2.45, 2.75) is 122 Å². The molecule has 0 aromatic carbocycles. The van der Waals surface area contributed by atoms with Crippen LogP contribution in [0.25, 0.3) is 0 Å². The van der Waals surface area contributed by atoms with Crippen LogP contribution in [-0.4, -0.2) is 64.7 Å². The fourth-order valence-corrected chi connectivity index (χ4v) is 2.73. The molecule has 0 radical (unpaired) electrons. The van der Waals surface area contributed by atoms with Gasteiger partial charge in [0.25, 0.3) is 0 Å².